The molecule has 0 aromatic heterocycles. The Bertz CT molecular complexity index is 174. The fourth-order valence-corrected chi connectivity index (χ4v) is 0.446. The van der Waals surface area contributed by atoms with Crippen LogP contribution in [0.3, 0.4) is 0 Å². The molecule has 0 rings (SSSR count). The van der Waals surface area contributed by atoms with Gasteiger partial charge in [-0.1, -0.05) is 25.7 Å². The largest absolute Gasteiger partial charge is 0.378 e. The molecule has 0 radical (unpaired) electrons. The molecule has 2 nitrogen and oxygen atoms in total. The Hall–Kier alpha value is -0.520. The van der Waals surface area contributed by atoms with Gasteiger partial charge in [-0.25, -0.2) is 0 Å². The van der Waals surface area contributed by atoms with Crippen molar-refractivity contribution >= 4 is 0 Å². The van der Waals surface area contributed by atoms with Gasteiger partial charge in [0.15, 0.2) is 0 Å². The molecule has 70 valence electrons. The first-order valence-electron chi connectivity index (χ1n) is 4.32. The van der Waals surface area contributed by atoms with E-state index in [4.69, 9.17) is 0 Å². The smallest absolute Gasteiger partial charge is 0.122 e. The van der Waals surface area contributed by atoms with E-state index in [1.54, 1.807) is 13.8 Å². The van der Waals surface area contributed by atoms with Crippen molar-refractivity contribution in [2.24, 2.45) is 0 Å². The zero-order valence-electron chi connectivity index (χ0n) is 8.31. The van der Waals surface area contributed by atoms with Crippen molar-refractivity contribution in [1.29, 1.82) is 0 Å². The quantitative estimate of drug-likeness (QED) is 0.613. The fourth-order valence-electron chi connectivity index (χ4n) is 0.446. The topological polar surface area (TPSA) is 40.5 Å². The molecule has 2 heteroatoms. The third-order valence-electron chi connectivity index (χ3n) is 1.98. The van der Waals surface area contributed by atoms with E-state index in [0.717, 1.165) is 0 Å². The lowest BCUT2D eigenvalue weighted by Crippen LogP contribution is -2.24. The van der Waals surface area contributed by atoms with Gasteiger partial charge in [-0.15, -0.1) is 0 Å². The maximum atomic E-state index is 9.50. The average Bonchev–Trinajstić information content (AvgIpc) is 2.02. The maximum absolute atomic E-state index is 9.50. The van der Waals surface area contributed by atoms with Gasteiger partial charge in [0.1, 0.15) is 11.2 Å². The first-order valence-corrected chi connectivity index (χ1v) is 4.32. The Morgan fingerprint density at radius 2 is 1.17 bits per heavy atom. The van der Waals surface area contributed by atoms with Crippen LogP contribution in [-0.2, 0) is 0 Å². The molecule has 0 spiro atoms. The van der Waals surface area contributed by atoms with E-state index >= 15 is 0 Å². The van der Waals surface area contributed by atoms with Gasteiger partial charge in [-0.2, -0.15) is 0 Å². The minimum atomic E-state index is -0.973. The predicted molar refractivity (Wildman–Crippen MR) is 49.6 cm³/mol. The zero-order chi connectivity index (χ0) is 9.83. The zero-order valence-corrected chi connectivity index (χ0v) is 8.31. The summed E-state index contributed by atoms with van der Waals surface area (Å²) >= 11 is 0. The van der Waals surface area contributed by atoms with Crippen molar-refractivity contribution in [2.45, 2.75) is 51.7 Å². The van der Waals surface area contributed by atoms with E-state index in [1.165, 1.54) is 0 Å². The molecule has 0 aliphatic carbocycles. The molecule has 2 atom stereocenters. The summed E-state index contributed by atoms with van der Waals surface area (Å²) < 4.78 is 0. The van der Waals surface area contributed by atoms with Gasteiger partial charge in [0.2, 0.25) is 0 Å². The highest BCUT2D eigenvalue weighted by Gasteiger charge is 2.17. The lowest BCUT2D eigenvalue weighted by atomic mass is 10.00. The minimum Gasteiger partial charge on any atom is -0.378 e. The number of hydrogen-bond donors (Lipinski definition) is 2. The van der Waals surface area contributed by atoms with Crippen molar-refractivity contribution in [1.82, 2.24) is 0 Å². The molecule has 0 aliphatic rings. The fraction of sp³-hybridized carbons (Fsp3) is 0.800. The first-order chi connectivity index (χ1) is 5.33. The standard InChI is InChI=1S/C10H18O2/c1-5-9(3,11)7-8-10(4,12)6-2/h11-12H,5-6H2,1-4H3/t9-,10-/m0/s1. The minimum absolute atomic E-state index is 0.569. The van der Waals surface area contributed by atoms with Crippen LogP contribution in [0.1, 0.15) is 40.5 Å². The van der Waals surface area contributed by atoms with Gasteiger partial charge in [-0.05, 0) is 26.7 Å². The van der Waals surface area contributed by atoms with Crippen molar-refractivity contribution in [3.05, 3.63) is 0 Å². The van der Waals surface area contributed by atoms with Crippen molar-refractivity contribution < 1.29 is 10.2 Å². The normalized spacial score (nSPS) is 20.2. The summed E-state index contributed by atoms with van der Waals surface area (Å²) in [6.45, 7) is 7.00. The molecule has 0 aromatic carbocycles. The van der Waals surface area contributed by atoms with Crippen LogP contribution >= 0.6 is 0 Å². The Morgan fingerprint density at radius 3 is 1.33 bits per heavy atom. The van der Waals surface area contributed by atoms with Crippen LogP contribution < -0.4 is 0 Å². The average molecular weight is 170 g/mol. The summed E-state index contributed by atoms with van der Waals surface area (Å²) in [6, 6.07) is 0. The van der Waals surface area contributed by atoms with Crippen molar-refractivity contribution in [2.75, 3.05) is 0 Å². The van der Waals surface area contributed by atoms with Crippen LogP contribution in [0.2, 0.25) is 0 Å². The van der Waals surface area contributed by atoms with E-state index in [1.807, 2.05) is 13.8 Å². The molecule has 0 saturated carbocycles. The number of rotatable bonds is 2. The molecular formula is C10H18O2. The van der Waals surface area contributed by atoms with Gasteiger partial charge in [0.05, 0.1) is 0 Å². The Balaban J connectivity index is 4.39. The Morgan fingerprint density at radius 1 is 0.917 bits per heavy atom. The maximum Gasteiger partial charge on any atom is 0.122 e. The van der Waals surface area contributed by atoms with Gasteiger partial charge in [0.25, 0.3) is 0 Å². The van der Waals surface area contributed by atoms with E-state index in [9.17, 15) is 10.2 Å². The van der Waals surface area contributed by atoms with Gasteiger partial charge < -0.3 is 10.2 Å². The number of aliphatic hydroxyl groups is 2. The molecule has 2 N–H and O–H groups in total. The third kappa shape index (κ3) is 4.38. The lowest BCUT2D eigenvalue weighted by molar-refractivity contribution is 0.106. The highest BCUT2D eigenvalue weighted by molar-refractivity contribution is 5.18. The molecule has 0 aliphatic heterocycles. The van der Waals surface area contributed by atoms with Crippen molar-refractivity contribution in [3.63, 3.8) is 0 Å². The third-order valence-corrected chi connectivity index (χ3v) is 1.98. The summed E-state index contributed by atoms with van der Waals surface area (Å²) in [7, 11) is 0. The van der Waals surface area contributed by atoms with Crippen LogP contribution in [0, 0.1) is 11.8 Å². The second-order valence-corrected chi connectivity index (χ2v) is 3.50. The van der Waals surface area contributed by atoms with E-state index < -0.39 is 11.2 Å². The van der Waals surface area contributed by atoms with Gasteiger partial charge in [0, 0.05) is 0 Å². The van der Waals surface area contributed by atoms with Crippen LogP contribution in [-0.4, -0.2) is 21.4 Å². The SMILES string of the molecule is CC[C@](C)(O)C#C[C@@](C)(O)CC. The van der Waals surface area contributed by atoms with Crippen molar-refractivity contribution in [3.8, 4) is 11.8 Å². The summed E-state index contributed by atoms with van der Waals surface area (Å²) in [5, 5.41) is 19.0. The van der Waals surface area contributed by atoms with Gasteiger partial charge in [-0.3, -0.25) is 0 Å². The Labute approximate surface area is 74.6 Å². The van der Waals surface area contributed by atoms with Crippen LogP contribution in [0.4, 0.5) is 0 Å². The molecule has 0 saturated heterocycles. The summed E-state index contributed by atoms with van der Waals surface area (Å²) in [5.41, 5.74) is -1.95. The van der Waals surface area contributed by atoms with Crippen LogP contribution in [0.25, 0.3) is 0 Å². The highest BCUT2D eigenvalue weighted by Crippen LogP contribution is 2.10. The molecule has 0 amide bonds. The first kappa shape index (κ1) is 11.5. The summed E-state index contributed by atoms with van der Waals surface area (Å²) in [5.74, 6) is 5.31. The van der Waals surface area contributed by atoms with Gasteiger partial charge >= 0.3 is 0 Å². The van der Waals surface area contributed by atoms with E-state index in [-0.39, 0.29) is 0 Å². The summed E-state index contributed by atoms with van der Waals surface area (Å²) in [4.78, 5) is 0. The highest BCUT2D eigenvalue weighted by atomic mass is 16.3. The molecule has 12 heavy (non-hydrogen) atoms. The van der Waals surface area contributed by atoms with Crippen LogP contribution in [0.15, 0.2) is 0 Å². The molecule has 0 unspecified atom stereocenters. The van der Waals surface area contributed by atoms with E-state index in [0.29, 0.717) is 12.8 Å². The van der Waals surface area contributed by atoms with E-state index in [2.05, 4.69) is 11.8 Å². The molecule has 0 bridgehead atoms. The molecule has 0 fully saturated rings. The second-order valence-electron chi connectivity index (χ2n) is 3.50. The lowest BCUT2D eigenvalue weighted by Gasteiger charge is -2.16. The summed E-state index contributed by atoms with van der Waals surface area (Å²) in [6.07, 6.45) is 1.14. The second kappa shape index (κ2) is 3.93. The molecule has 0 aromatic rings. The number of hydrogen-bond acceptors (Lipinski definition) is 2. The monoisotopic (exact) mass is 170 g/mol. The molecular weight excluding hydrogens is 152 g/mol. The Kier molecular flexibility index (Phi) is 3.76. The molecule has 0 heterocycles. The van der Waals surface area contributed by atoms with Crippen LogP contribution in [0.5, 0.6) is 0 Å². The predicted octanol–water partition coefficient (Wildman–Crippen LogP) is 1.31.